The average Bonchev–Trinajstić information content (AvgIpc) is 3.02. The number of carbonyl (C=O) groups excluding carboxylic acids is 1. The second kappa shape index (κ2) is 8.47. The van der Waals surface area contributed by atoms with E-state index in [9.17, 15) is 14.3 Å². The number of amides is 1. The molecule has 2 atom stereocenters. The summed E-state index contributed by atoms with van der Waals surface area (Å²) >= 11 is 6.04. The number of hydrogen-bond donors (Lipinski definition) is 1. The number of rotatable bonds is 5. The molecule has 6 heteroatoms. The summed E-state index contributed by atoms with van der Waals surface area (Å²) in [5, 5.41) is 9.99. The van der Waals surface area contributed by atoms with Gasteiger partial charge in [-0.3, -0.25) is 4.79 Å². The monoisotopic (exact) mass is 368 g/mol. The van der Waals surface area contributed by atoms with Gasteiger partial charge in [-0.05, 0) is 44.0 Å². The number of nitrogens with zero attached hydrogens (tertiary/aromatic N) is 2. The molecule has 2 saturated heterocycles. The highest BCUT2D eigenvalue weighted by molar-refractivity contribution is 6.31. The number of benzene rings is 1. The van der Waals surface area contributed by atoms with Gasteiger partial charge in [0.1, 0.15) is 5.82 Å². The summed E-state index contributed by atoms with van der Waals surface area (Å²) in [7, 11) is 0. The van der Waals surface area contributed by atoms with E-state index in [-0.39, 0.29) is 41.4 Å². The van der Waals surface area contributed by atoms with Crippen LogP contribution in [0.5, 0.6) is 0 Å². The number of aliphatic hydroxyl groups is 1. The zero-order valence-corrected chi connectivity index (χ0v) is 15.2. The van der Waals surface area contributed by atoms with E-state index >= 15 is 0 Å². The van der Waals surface area contributed by atoms with E-state index in [0.29, 0.717) is 13.1 Å². The molecule has 4 nitrogen and oxygen atoms in total. The Hall–Kier alpha value is -1.17. The van der Waals surface area contributed by atoms with Crippen molar-refractivity contribution in [3.8, 4) is 0 Å². The molecule has 0 radical (unpaired) electrons. The highest BCUT2D eigenvalue weighted by Gasteiger charge is 2.36. The van der Waals surface area contributed by atoms with Crippen molar-refractivity contribution in [3.05, 3.63) is 34.6 Å². The van der Waals surface area contributed by atoms with Crippen LogP contribution >= 0.6 is 11.6 Å². The molecule has 2 aliphatic heterocycles. The Labute approximate surface area is 153 Å². The summed E-state index contributed by atoms with van der Waals surface area (Å²) in [6.07, 6.45) is 3.72. The van der Waals surface area contributed by atoms with Gasteiger partial charge >= 0.3 is 0 Å². The average molecular weight is 369 g/mol. The first-order chi connectivity index (χ1) is 12.1. The van der Waals surface area contributed by atoms with Gasteiger partial charge in [-0.1, -0.05) is 24.1 Å². The molecule has 0 bridgehead atoms. The standard InChI is InChI=1S/C19H26ClFN2O2/c20-17-5-4-6-18(21)16(17)9-19(25)23-11-14(15(12-23)13-24)10-22-7-2-1-3-8-22/h4-6,14-15,24H,1-3,7-13H2/t14-,15-/m0/s1. The van der Waals surface area contributed by atoms with E-state index in [2.05, 4.69) is 4.90 Å². The van der Waals surface area contributed by atoms with Crippen LogP contribution in [-0.4, -0.2) is 60.1 Å². The molecule has 1 amide bonds. The van der Waals surface area contributed by atoms with E-state index in [1.165, 1.54) is 31.4 Å². The Bertz CT molecular complexity index is 587. The van der Waals surface area contributed by atoms with Crippen LogP contribution in [0.3, 0.4) is 0 Å². The van der Waals surface area contributed by atoms with Crippen molar-refractivity contribution in [2.24, 2.45) is 11.8 Å². The second-order valence-corrected chi connectivity index (χ2v) is 7.65. The summed E-state index contributed by atoms with van der Waals surface area (Å²) in [4.78, 5) is 16.8. The molecule has 1 aromatic carbocycles. The van der Waals surface area contributed by atoms with E-state index < -0.39 is 5.82 Å². The van der Waals surface area contributed by atoms with Gasteiger partial charge < -0.3 is 14.9 Å². The van der Waals surface area contributed by atoms with E-state index in [4.69, 9.17) is 11.6 Å². The number of carbonyl (C=O) groups is 1. The number of likely N-dealkylation sites (tertiary alicyclic amines) is 2. The fourth-order valence-electron chi connectivity index (χ4n) is 3.99. The minimum atomic E-state index is -0.441. The summed E-state index contributed by atoms with van der Waals surface area (Å²) in [6.45, 7) is 4.39. The fourth-order valence-corrected chi connectivity index (χ4v) is 4.22. The molecule has 3 rings (SSSR count). The third-order valence-electron chi connectivity index (χ3n) is 5.49. The second-order valence-electron chi connectivity index (χ2n) is 7.24. The molecule has 0 unspecified atom stereocenters. The maximum Gasteiger partial charge on any atom is 0.227 e. The van der Waals surface area contributed by atoms with Crippen molar-refractivity contribution in [3.63, 3.8) is 0 Å². The van der Waals surface area contributed by atoms with Gasteiger partial charge in [-0.15, -0.1) is 0 Å². The topological polar surface area (TPSA) is 43.8 Å². The highest BCUT2D eigenvalue weighted by atomic mass is 35.5. The van der Waals surface area contributed by atoms with Crippen LogP contribution in [0.2, 0.25) is 5.02 Å². The van der Waals surface area contributed by atoms with Gasteiger partial charge in [0.2, 0.25) is 5.91 Å². The molecule has 1 aromatic rings. The van der Waals surface area contributed by atoms with Crippen molar-refractivity contribution >= 4 is 17.5 Å². The van der Waals surface area contributed by atoms with E-state index in [1.54, 1.807) is 11.0 Å². The van der Waals surface area contributed by atoms with E-state index in [1.807, 2.05) is 0 Å². The Balaban J connectivity index is 1.61. The van der Waals surface area contributed by atoms with Gasteiger partial charge in [-0.2, -0.15) is 0 Å². The minimum Gasteiger partial charge on any atom is -0.396 e. The molecule has 1 N–H and O–H groups in total. The summed E-state index contributed by atoms with van der Waals surface area (Å²) in [5.74, 6) is -0.180. The van der Waals surface area contributed by atoms with Crippen LogP contribution in [0.4, 0.5) is 4.39 Å². The Morgan fingerprint density at radius 1 is 1.20 bits per heavy atom. The van der Waals surface area contributed by atoms with Gasteiger partial charge in [0.25, 0.3) is 0 Å². The SMILES string of the molecule is O=C(Cc1c(F)cccc1Cl)N1C[C@@H](CO)[C@@H](CN2CCCCC2)C1. The highest BCUT2D eigenvalue weighted by Crippen LogP contribution is 2.27. The molecule has 2 fully saturated rings. The molecule has 0 aromatic heterocycles. The summed E-state index contributed by atoms with van der Waals surface area (Å²) < 4.78 is 13.9. The molecule has 0 aliphatic carbocycles. The summed E-state index contributed by atoms with van der Waals surface area (Å²) in [6, 6.07) is 4.47. The third-order valence-corrected chi connectivity index (χ3v) is 5.85. The van der Waals surface area contributed by atoms with Crippen LogP contribution in [-0.2, 0) is 11.2 Å². The van der Waals surface area contributed by atoms with Crippen LogP contribution in [0.15, 0.2) is 18.2 Å². The fraction of sp³-hybridized carbons (Fsp3) is 0.632. The number of hydrogen-bond acceptors (Lipinski definition) is 3. The maximum absolute atomic E-state index is 13.9. The molecule has 138 valence electrons. The zero-order chi connectivity index (χ0) is 17.8. The molecule has 0 spiro atoms. The smallest absolute Gasteiger partial charge is 0.227 e. The third kappa shape index (κ3) is 4.52. The molecule has 2 aliphatic rings. The molecular weight excluding hydrogens is 343 g/mol. The molecular formula is C19H26ClFN2O2. The lowest BCUT2D eigenvalue weighted by atomic mass is 9.95. The van der Waals surface area contributed by atoms with Crippen LogP contribution in [0.1, 0.15) is 24.8 Å². The zero-order valence-electron chi connectivity index (χ0n) is 14.5. The van der Waals surface area contributed by atoms with Crippen molar-refractivity contribution in [2.45, 2.75) is 25.7 Å². The Kier molecular flexibility index (Phi) is 6.31. The molecule has 0 saturated carbocycles. The molecule has 25 heavy (non-hydrogen) atoms. The maximum atomic E-state index is 13.9. The first-order valence-electron chi connectivity index (χ1n) is 9.12. The lowest BCUT2D eigenvalue weighted by Gasteiger charge is -2.30. The van der Waals surface area contributed by atoms with E-state index in [0.717, 1.165) is 19.6 Å². The lowest BCUT2D eigenvalue weighted by Crippen LogP contribution is -2.37. The minimum absolute atomic E-state index is 0.0277. The van der Waals surface area contributed by atoms with Crippen LogP contribution in [0, 0.1) is 17.7 Å². The lowest BCUT2D eigenvalue weighted by molar-refractivity contribution is -0.129. The quantitative estimate of drug-likeness (QED) is 0.868. The van der Waals surface area contributed by atoms with Gasteiger partial charge in [-0.25, -0.2) is 4.39 Å². The molecule has 2 heterocycles. The van der Waals surface area contributed by atoms with Crippen molar-refractivity contribution in [1.82, 2.24) is 9.80 Å². The predicted molar refractivity (Wildman–Crippen MR) is 96.1 cm³/mol. The Morgan fingerprint density at radius 2 is 1.92 bits per heavy atom. The Morgan fingerprint density at radius 3 is 2.60 bits per heavy atom. The van der Waals surface area contributed by atoms with Crippen molar-refractivity contribution in [1.29, 1.82) is 0 Å². The number of aliphatic hydroxyl groups excluding tert-OH is 1. The number of halogens is 2. The van der Waals surface area contributed by atoms with Gasteiger partial charge in [0, 0.05) is 42.7 Å². The first-order valence-corrected chi connectivity index (χ1v) is 9.50. The normalized spacial score (nSPS) is 24.7. The largest absolute Gasteiger partial charge is 0.396 e. The first kappa shape index (κ1) is 18.6. The van der Waals surface area contributed by atoms with Crippen molar-refractivity contribution in [2.75, 3.05) is 39.3 Å². The summed E-state index contributed by atoms with van der Waals surface area (Å²) in [5.41, 5.74) is 0.259. The van der Waals surface area contributed by atoms with Crippen molar-refractivity contribution < 1.29 is 14.3 Å². The predicted octanol–water partition coefficient (Wildman–Crippen LogP) is 2.57. The van der Waals surface area contributed by atoms with Gasteiger partial charge in [0.05, 0.1) is 6.42 Å². The van der Waals surface area contributed by atoms with Crippen LogP contribution in [0.25, 0.3) is 0 Å². The van der Waals surface area contributed by atoms with Crippen LogP contribution < -0.4 is 0 Å². The number of piperidine rings is 1. The van der Waals surface area contributed by atoms with Gasteiger partial charge in [0.15, 0.2) is 0 Å².